The minimum atomic E-state index is -0.948. The number of ether oxygens (including phenoxy) is 3. The van der Waals surface area contributed by atoms with Crippen molar-refractivity contribution < 1.29 is 28.6 Å². The van der Waals surface area contributed by atoms with Gasteiger partial charge in [-0.15, -0.1) is 18.3 Å². The summed E-state index contributed by atoms with van der Waals surface area (Å²) in [5.74, 6) is 1.65. The number of primary amides is 1. The molecule has 0 aromatic heterocycles. The Morgan fingerprint density at radius 2 is 1.67 bits per heavy atom. The number of hydrogen-bond acceptors (Lipinski definition) is 7. The Kier molecular flexibility index (Phi) is 13.7. The summed E-state index contributed by atoms with van der Waals surface area (Å²) in [4.78, 5) is 39.4. The van der Waals surface area contributed by atoms with Crippen LogP contribution in [0.5, 0.6) is 17.2 Å². The number of thioether (sulfide) groups is 1. The fourth-order valence-corrected chi connectivity index (χ4v) is 6.57. The highest BCUT2D eigenvalue weighted by Crippen LogP contribution is 2.43. The molecule has 5 rings (SSSR count). The molecule has 0 saturated carbocycles. The smallest absolute Gasteiger partial charge is 0.248 e. The van der Waals surface area contributed by atoms with E-state index in [1.807, 2.05) is 73.7 Å². The molecule has 0 spiro atoms. The molecule has 1 saturated heterocycles. The largest absolute Gasteiger partial charge is 0.493 e. The lowest BCUT2D eigenvalue weighted by atomic mass is 9.97. The Bertz CT molecular complexity index is 1660. The first kappa shape index (κ1) is 36.6. The zero-order valence-electron chi connectivity index (χ0n) is 27.9. The van der Waals surface area contributed by atoms with Crippen LogP contribution in [-0.4, -0.2) is 48.6 Å². The number of benzene rings is 4. The predicted octanol–water partition coefficient (Wildman–Crippen LogP) is 6.56. The summed E-state index contributed by atoms with van der Waals surface area (Å²) in [5, 5.41) is 2.93. The summed E-state index contributed by atoms with van der Waals surface area (Å²) < 4.78 is 15.6. The number of nitrogens with two attached hydrogens (primary N) is 1. The normalized spacial score (nSPS) is 15.1. The van der Waals surface area contributed by atoms with Gasteiger partial charge in [0.25, 0.3) is 0 Å². The van der Waals surface area contributed by atoms with E-state index in [9.17, 15) is 14.4 Å². The van der Waals surface area contributed by atoms with E-state index in [-0.39, 0.29) is 18.2 Å². The second kappa shape index (κ2) is 18.4. The SMILES string of the molecule is C=CC[C@]1(CC(=O)NCCc2ccc(OC)c(OCC)c2)SCN(c2cccc(C(N)=O)c2)C1=O.c1ccc(COc2ccccc2)cc1. The molecule has 0 aliphatic carbocycles. The quantitative estimate of drug-likeness (QED) is 0.136. The Morgan fingerprint density at radius 3 is 2.35 bits per heavy atom. The van der Waals surface area contributed by atoms with Crippen LogP contribution in [0, 0.1) is 0 Å². The second-order valence-corrected chi connectivity index (χ2v) is 12.5. The molecule has 1 aliphatic heterocycles. The Balaban J connectivity index is 0.000000319. The number of amides is 3. The van der Waals surface area contributed by atoms with Crippen molar-refractivity contribution in [2.24, 2.45) is 5.73 Å². The number of nitrogens with zero attached hydrogens (tertiary/aromatic N) is 1. The van der Waals surface area contributed by atoms with E-state index in [4.69, 9.17) is 19.9 Å². The summed E-state index contributed by atoms with van der Waals surface area (Å²) in [7, 11) is 1.59. The highest BCUT2D eigenvalue weighted by Gasteiger charge is 2.48. The van der Waals surface area contributed by atoms with Crippen molar-refractivity contribution in [3.05, 3.63) is 132 Å². The number of rotatable bonds is 15. The van der Waals surface area contributed by atoms with Gasteiger partial charge in [0.05, 0.1) is 26.0 Å². The molecule has 4 aromatic carbocycles. The van der Waals surface area contributed by atoms with Gasteiger partial charge in [-0.25, -0.2) is 0 Å². The van der Waals surface area contributed by atoms with Gasteiger partial charge in [0.2, 0.25) is 17.7 Å². The van der Waals surface area contributed by atoms with Gasteiger partial charge in [0.15, 0.2) is 11.5 Å². The summed E-state index contributed by atoms with van der Waals surface area (Å²) in [6, 6.07) is 32.3. The maximum absolute atomic E-state index is 13.4. The van der Waals surface area contributed by atoms with Crippen LogP contribution in [0.2, 0.25) is 0 Å². The van der Waals surface area contributed by atoms with Gasteiger partial charge in [-0.2, -0.15) is 0 Å². The Hall–Kier alpha value is -5.22. The van der Waals surface area contributed by atoms with E-state index in [2.05, 4.69) is 24.0 Å². The fourth-order valence-electron chi connectivity index (χ4n) is 5.22. The van der Waals surface area contributed by atoms with E-state index < -0.39 is 10.7 Å². The molecule has 1 heterocycles. The van der Waals surface area contributed by atoms with Crippen LogP contribution in [0.3, 0.4) is 0 Å². The topological polar surface area (TPSA) is 120 Å². The zero-order valence-corrected chi connectivity index (χ0v) is 28.7. The number of nitrogens with one attached hydrogen (secondary N) is 1. The number of allylic oxidation sites excluding steroid dienone is 1. The van der Waals surface area contributed by atoms with E-state index in [1.165, 1.54) is 17.3 Å². The third-order valence-electron chi connectivity index (χ3n) is 7.72. The highest BCUT2D eigenvalue weighted by atomic mass is 32.2. The molecule has 0 bridgehead atoms. The van der Waals surface area contributed by atoms with Crippen LogP contribution >= 0.6 is 11.8 Å². The van der Waals surface area contributed by atoms with Crippen LogP contribution < -0.4 is 30.2 Å². The van der Waals surface area contributed by atoms with Gasteiger partial charge in [-0.1, -0.05) is 66.7 Å². The van der Waals surface area contributed by atoms with Crippen molar-refractivity contribution in [1.29, 1.82) is 0 Å². The Labute approximate surface area is 292 Å². The van der Waals surface area contributed by atoms with Crippen LogP contribution in [0.1, 0.15) is 41.3 Å². The molecule has 1 aliphatic rings. The number of carbonyl (C=O) groups is 3. The number of carbonyl (C=O) groups excluding carboxylic acids is 3. The molecule has 3 amide bonds. The lowest BCUT2D eigenvalue weighted by Gasteiger charge is -2.25. The first-order valence-corrected chi connectivity index (χ1v) is 17.0. The van der Waals surface area contributed by atoms with E-state index in [1.54, 1.807) is 42.4 Å². The fraction of sp³-hybridized carbons (Fsp3) is 0.256. The van der Waals surface area contributed by atoms with Crippen molar-refractivity contribution in [2.75, 3.05) is 31.0 Å². The molecular formula is C39H43N3O6S. The monoisotopic (exact) mass is 681 g/mol. The van der Waals surface area contributed by atoms with Gasteiger partial charge in [-0.05, 0) is 73.4 Å². The third kappa shape index (κ3) is 10.4. The zero-order chi connectivity index (χ0) is 35.1. The number of anilines is 1. The first-order valence-electron chi connectivity index (χ1n) is 16.0. The standard InChI is InChI=1S/C26H31N3O5S.C13H12O/c1-4-12-26(25(32)29(17-35-26)20-8-6-7-19(15-20)24(27)31)16-23(30)28-13-11-18-9-10-21(33-3)22(14-18)34-5-2;1-3-7-12(8-4-1)11-14-13-9-5-2-6-10-13/h4,6-10,14-15H,1,5,11-13,16-17H2,2-3H3,(H2,27,31)(H,28,30);1-10H,11H2/t26-;/m1./s1. The number of hydrogen-bond donors (Lipinski definition) is 2. The Morgan fingerprint density at radius 1 is 0.939 bits per heavy atom. The number of methoxy groups -OCH3 is 1. The van der Waals surface area contributed by atoms with Gasteiger partial charge >= 0.3 is 0 Å². The molecular weight excluding hydrogens is 639 g/mol. The summed E-state index contributed by atoms with van der Waals surface area (Å²) >= 11 is 1.41. The molecule has 3 N–H and O–H groups in total. The van der Waals surface area contributed by atoms with Crippen LogP contribution in [-0.2, 0) is 22.6 Å². The third-order valence-corrected chi connectivity index (χ3v) is 9.15. The average Bonchev–Trinajstić information content (AvgIpc) is 3.43. The van der Waals surface area contributed by atoms with Crippen molar-refractivity contribution in [3.63, 3.8) is 0 Å². The van der Waals surface area contributed by atoms with Gasteiger partial charge < -0.3 is 30.2 Å². The van der Waals surface area contributed by atoms with Crippen molar-refractivity contribution in [3.8, 4) is 17.2 Å². The molecule has 0 unspecified atom stereocenters. The first-order chi connectivity index (χ1) is 23.8. The average molecular weight is 682 g/mol. The molecule has 10 heteroatoms. The summed E-state index contributed by atoms with van der Waals surface area (Å²) in [5.41, 5.74) is 8.48. The molecule has 4 aromatic rings. The summed E-state index contributed by atoms with van der Waals surface area (Å²) in [6.45, 7) is 7.27. The van der Waals surface area contributed by atoms with Crippen LogP contribution in [0.25, 0.3) is 0 Å². The molecule has 1 fully saturated rings. The minimum absolute atomic E-state index is 0.0291. The molecule has 9 nitrogen and oxygen atoms in total. The number of para-hydroxylation sites is 1. The van der Waals surface area contributed by atoms with Gasteiger partial charge in [0.1, 0.15) is 17.1 Å². The lowest BCUT2D eigenvalue weighted by Crippen LogP contribution is -2.43. The highest BCUT2D eigenvalue weighted by molar-refractivity contribution is 8.02. The van der Waals surface area contributed by atoms with Crippen molar-refractivity contribution >= 4 is 35.2 Å². The van der Waals surface area contributed by atoms with E-state index in [0.717, 1.165) is 11.3 Å². The maximum Gasteiger partial charge on any atom is 0.248 e. The van der Waals surface area contributed by atoms with Crippen LogP contribution in [0.4, 0.5) is 5.69 Å². The van der Waals surface area contributed by atoms with Crippen LogP contribution in [0.15, 0.2) is 116 Å². The lowest BCUT2D eigenvalue weighted by molar-refractivity contribution is -0.126. The van der Waals surface area contributed by atoms with E-state index >= 15 is 0 Å². The molecule has 1 atom stereocenters. The maximum atomic E-state index is 13.4. The van der Waals surface area contributed by atoms with Gasteiger partial charge in [0, 0.05) is 17.8 Å². The van der Waals surface area contributed by atoms with E-state index in [0.29, 0.717) is 61.2 Å². The van der Waals surface area contributed by atoms with Crippen molar-refractivity contribution in [2.45, 2.75) is 37.5 Å². The molecule has 256 valence electrons. The van der Waals surface area contributed by atoms with Gasteiger partial charge in [-0.3, -0.25) is 14.4 Å². The predicted molar refractivity (Wildman–Crippen MR) is 195 cm³/mol. The molecule has 0 radical (unpaired) electrons. The second-order valence-electron chi connectivity index (χ2n) is 11.2. The van der Waals surface area contributed by atoms with Crippen molar-refractivity contribution in [1.82, 2.24) is 5.32 Å². The minimum Gasteiger partial charge on any atom is -0.493 e. The summed E-state index contributed by atoms with van der Waals surface area (Å²) in [6.07, 6.45) is 2.65. The molecule has 49 heavy (non-hydrogen) atoms.